The number of benzene rings is 2. The summed E-state index contributed by atoms with van der Waals surface area (Å²) in [7, 11) is 1.67. The van der Waals surface area contributed by atoms with Gasteiger partial charge in [0.15, 0.2) is 0 Å². The minimum absolute atomic E-state index is 0.0541. The summed E-state index contributed by atoms with van der Waals surface area (Å²) in [6, 6.07) is 12.4. The summed E-state index contributed by atoms with van der Waals surface area (Å²) in [4.78, 5) is 0. The van der Waals surface area contributed by atoms with Gasteiger partial charge in [-0.1, -0.05) is 34.1 Å². The molecule has 2 aromatic rings. The van der Waals surface area contributed by atoms with E-state index in [9.17, 15) is 0 Å². The molecule has 0 saturated heterocycles. The number of hydrogen-bond donors (Lipinski definition) is 1. The van der Waals surface area contributed by atoms with Crippen molar-refractivity contribution in [1.29, 1.82) is 0 Å². The van der Waals surface area contributed by atoms with Crippen LogP contribution in [0.3, 0.4) is 0 Å². The van der Waals surface area contributed by atoms with Crippen LogP contribution in [0.4, 0.5) is 0 Å². The van der Waals surface area contributed by atoms with E-state index in [0.717, 1.165) is 22.2 Å². The predicted octanol–water partition coefficient (Wildman–Crippen LogP) is 4.32. The van der Waals surface area contributed by atoms with E-state index < -0.39 is 0 Å². The molecular formula is C17H20BrNO. The van der Waals surface area contributed by atoms with E-state index in [2.05, 4.69) is 48.0 Å². The van der Waals surface area contributed by atoms with Crippen LogP contribution in [0.2, 0.25) is 0 Å². The van der Waals surface area contributed by atoms with Crippen molar-refractivity contribution in [3.8, 4) is 5.75 Å². The summed E-state index contributed by atoms with van der Waals surface area (Å²) in [6.45, 7) is 4.25. The van der Waals surface area contributed by atoms with Gasteiger partial charge in [0.1, 0.15) is 5.75 Å². The summed E-state index contributed by atoms with van der Waals surface area (Å²) in [6.07, 6.45) is 0.812. The smallest absolute Gasteiger partial charge is 0.119 e. The average molecular weight is 334 g/mol. The predicted molar refractivity (Wildman–Crippen MR) is 87.2 cm³/mol. The lowest BCUT2D eigenvalue weighted by Crippen LogP contribution is -2.14. The minimum Gasteiger partial charge on any atom is -0.497 e. The van der Waals surface area contributed by atoms with Crippen molar-refractivity contribution in [2.24, 2.45) is 5.73 Å². The van der Waals surface area contributed by atoms with Gasteiger partial charge in [0.25, 0.3) is 0 Å². The van der Waals surface area contributed by atoms with Crippen molar-refractivity contribution in [3.63, 3.8) is 0 Å². The van der Waals surface area contributed by atoms with E-state index in [-0.39, 0.29) is 6.04 Å². The molecule has 0 aliphatic heterocycles. The molecule has 0 aliphatic carbocycles. The summed E-state index contributed by atoms with van der Waals surface area (Å²) < 4.78 is 6.29. The van der Waals surface area contributed by atoms with Crippen molar-refractivity contribution >= 4 is 15.9 Å². The van der Waals surface area contributed by atoms with Crippen LogP contribution in [-0.2, 0) is 6.42 Å². The van der Waals surface area contributed by atoms with Crippen LogP contribution in [0.25, 0.3) is 0 Å². The average Bonchev–Trinajstić information content (AvgIpc) is 2.43. The molecule has 0 amide bonds. The maximum absolute atomic E-state index is 6.35. The zero-order valence-corrected chi connectivity index (χ0v) is 13.7. The van der Waals surface area contributed by atoms with Crippen molar-refractivity contribution in [1.82, 2.24) is 0 Å². The minimum atomic E-state index is -0.0541. The number of halogens is 1. The Morgan fingerprint density at radius 2 is 1.85 bits per heavy atom. The van der Waals surface area contributed by atoms with Gasteiger partial charge >= 0.3 is 0 Å². The van der Waals surface area contributed by atoms with E-state index in [1.54, 1.807) is 7.11 Å². The molecule has 0 radical (unpaired) electrons. The fourth-order valence-electron chi connectivity index (χ4n) is 2.23. The van der Waals surface area contributed by atoms with Crippen LogP contribution in [0, 0.1) is 13.8 Å². The Morgan fingerprint density at radius 3 is 2.50 bits per heavy atom. The Morgan fingerprint density at radius 1 is 1.10 bits per heavy atom. The molecule has 2 nitrogen and oxygen atoms in total. The lowest BCUT2D eigenvalue weighted by atomic mass is 9.97. The maximum atomic E-state index is 6.35. The molecule has 0 bridgehead atoms. The van der Waals surface area contributed by atoms with Gasteiger partial charge in [0.2, 0.25) is 0 Å². The Labute approximate surface area is 129 Å². The van der Waals surface area contributed by atoms with Crippen molar-refractivity contribution < 1.29 is 4.74 Å². The third-order valence-electron chi connectivity index (χ3n) is 3.63. The molecule has 20 heavy (non-hydrogen) atoms. The second-order valence-corrected chi connectivity index (χ2v) is 5.97. The monoisotopic (exact) mass is 333 g/mol. The Bertz CT molecular complexity index is 610. The van der Waals surface area contributed by atoms with Crippen molar-refractivity contribution in [3.05, 3.63) is 63.1 Å². The van der Waals surface area contributed by atoms with Gasteiger partial charge in [0.05, 0.1) is 7.11 Å². The molecule has 1 unspecified atom stereocenters. The first-order valence-electron chi connectivity index (χ1n) is 6.66. The molecule has 0 spiro atoms. The third kappa shape index (κ3) is 3.41. The molecule has 0 fully saturated rings. The first-order valence-corrected chi connectivity index (χ1v) is 7.45. The Balaban J connectivity index is 2.23. The highest BCUT2D eigenvalue weighted by molar-refractivity contribution is 9.10. The van der Waals surface area contributed by atoms with Gasteiger partial charge < -0.3 is 10.5 Å². The number of nitrogens with two attached hydrogens (primary N) is 1. The largest absolute Gasteiger partial charge is 0.497 e. The standard InChI is InChI=1S/C17H20BrNO/c1-11-4-5-13(8-12(11)2)9-17(19)15-10-14(20-3)6-7-16(15)18/h4-8,10,17H,9,19H2,1-3H3. The lowest BCUT2D eigenvalue weighted by Gasteiger charge is -2.16. The quantitative estimate of drug-likeness (QED) is 0.904. The highest BCUT2D eigenvalue weighted by atomic mass is 79.9. The van der Waals surface area contributed by atoms with Gasteiger partial charge in [0, 0.05) is 10.5 Å². The number of methoxy groups -OCH3 is 1. The highest BCUT2D eigenvalue weighted by Gasteiger charge is 2.12. The first kappa shape index (κ1) is 15.1. The molecule has 0 saturated carbocycles. The van der Waals surface area contributed by atoms with Gasteiger partial charge in [-0.3, -0.25) is 0 Å². The first-order chi connectivity index (χ1) is 9.51. The van der Waals surface area contributed by atoms with E-state index in [1.165, 1.54) is 16.7 Å². The van der Waals surface area contributed by atoms with Crippen LogP contribution in [0.1, 0.15) is 28.3 Å². The van der Waals surface area contributed by atoms with Crippen LogP contribution in [0.5, 0.6) is 5.75 Å². The molecular weight excluding hydrogens is 314 g/mol. The highest BCUT2D eigenvalue weighted by Crippen LogP contribution is 2.28. The molecule has 2 N–H and O–H groups in total. The summed E-state index contributed by atoms with van der Waals surface area (Å²) in [5.41, 5.74) is 11.3. The topological polar surface area (TPSA) is 35.2 Å². The van der Waals surface area contributed by atoms with E-state index in [0.29, 0.717) is 0 Å². The second kappa shape index (κ2) is 6.42. The second-order valence-electron chi connectivity index (χ2n) is 5.12. The maximum Gasteiger partial charge on any atom is 0.119 e. The summed E-state index contributed by atoms with van der Waals surface area (Å²) in [5, 5.41) is 0. The van der Waals surface area contributed by atoms with Gasteiger partial charge in [-0.05, 0) is 60.7 Å². The number of hydrogen-bond acceptors (Lipinski definition) is 2. The van der Waals surface area contributed by atoms with Crippen LogP contribution in [0.15, 0.2) is 40.9 Å². The van der Waals surface area contributed by atoms with Gasteiger partial charge in [-0.25, -0.2) is 0 Å². The zero-order chi connectivity index (χ0) is 14.7. The molecule has 1 atom stereocenters. The molecule has 0 aromatic heterocycles. The fraction of sp³-hybridized carbons (Fsp3) is 0.294. The molecule has 2 rings (SSSR count). The third-order valence-corrected chi connectivity index (χ3v) is 4.35. The molecule has 0 aliphatic rings. The van der Waals surface area contributed by atoms with Crippen LogP contribution < -0.4 is 10.5 Å². The zero-order valence-electron chi connectivity index (χ0n) is 12.1. The molecule has 106 valence electrons. The SMILES string of the molecule is COc1ccc(Br)c(C(N)Cc2ccc(C)c(C)c2)c1. The Hall–Kier alpha value is -1.32. The van der Waals surface area contributed by atoms with E-state index in [4.69, 9.17) is 10.5 Å². The van der Waals surface area contributed by atoms with Crippen molar-refractivity contribution in [2.75, 3.05) is 7.11 Å². The molecule has 2 aromatic carbocycles. The van der Waals surface area contributed by atoms with Gasteiger partial charge in [-0.15, -0.1) is 0 Å². The van der Waals surface area contributed by atoms with Crippen LogP contribution >= 0.6 is 15.9 Å². The van der Waals surface area contributed by atoms with Crippen molar-refractivity contribution in [2.45, 2.75) is 26.3 Å². The summed E-state index contributed by atoms with van der Waals surface area (Å²) in [5.74, 6) is 0.832. The number of ether oxygens (including phenoxy) is 1. The van der Waals surface area contributed by atoms with E-state index >= 15 is 0 Å². The molecule has 0 heterocycles. The lowest BCUT2D eigenvalue weighted by molar-refractivity contribution is 0.413. The fourth-order valence-corrected chi connectivity index (χ4v) is 2.77. The summed E-state index contributed by atoms with van der Waals surface area (Å²) >= 11 is 3.56. The van der Waals surface area contributed by atoms with Gasteiger partial charge in [-0.2, -0.15) is 0 Å². The molecule has 3 heteroatoms. The number of rotatable bonds is 4. The Kier molecular flexibility index (Phi) is 4.84. The number of aryl methyl sites for hydroxylation is 2. The van der Waals surface area contributed by atoms with Crippen LogP contribution in [-0.4, -0.2) is 7.11 Å². The van der Waals surface area contributed by atoms with E-state index in [1.807, 2.05) is 18.2 Å². The normalized spacial score (nSPS) is 12.2.